The van der Waals surface area contributed by atoms with E-state index in [9.17, 15) is 4.79 Å². The Morgan fingerprint density at radius 3 is 2.60 bits per heavy atom. The first kappa shape index (κ1) is 15.1. The summed E-state index contributed by atoms with van der Waals surface area (Å²) in [6, 6.07) is 7.98. The summed E-state index contributed by atoms with van der Waals surface area (Å²) in [4.78, 5) is 17.9. The van der Waals surface area contributed by atoms with Crippen LogP contribution < -0.4 is 0 Å². The zero-order chi connectivity index (χ0) is 14.7. The first-order valence-corrected chi connectivity index (χ1v) is 7.83. The lowest BCUT2D eigenvalue weighted by atomic mass is 10.3. The van der Waals surface area contributed by atoms with Gasteiger partial charge >= 0.3 is 0 Å². The second-order valence-corrected chi connectivity index (χ2v) is 6.77. The molecule has 0 unspecified atom stereocenters. The number of imidazole rings is 1. The molecule has 106 valence electrons. The van der Waals surface area contributed by atoms with Gasteiger partial charge < -0.3 is 4.90 Å². The summed E-state index contributed by atoms with van der Waals surface area (Å²) in [6.07, 6.45) is 3.65. The van der Waals surface area contributed by atoms with Crippen LogP contribution in [0.15, 0.2) is 46.3 Å². The molecule has 1 heterocycles. The fraction of sp³-hybridized carbons (Fsp3) is 0.286. The molecule has 0 fully saturated rings. The molecule has 4 nitrogen and oxygen atoms in total. The van der Waals surface area contributed by atoms with Crippen molar-refractivity contribution in [3.05, 3.63) is 41.1 Å². The van der Waals surface area contributed by atoms with E-state index in [-0.39, 0.29) is 11.2 Å². The molecule has 0 aliphatic heterocycles. The summed E-state index contributed by atoms with van der Waals surface area (Å²) in [5.41, 5.74) is 1.03. The molecule has 1 aromatic heterocycles. The van der Waals surface area contributed by atoms with Crippen LogP contribution in [0.4, 0.5) is 0 Å². The zero-order valence-corrected chi connectivity index (χ0v) is 14.0. The van der Waals surface area contributed by atoms with Gasteiger partial charge in [0.2, 0.25) is 5.91 Å². The second kappa shape index (κ2) is 6.45. The molecule has 0 bridgehead atoms. The highest BCUT2D eigenvalue weighted by Crippen LogP contribution is 2.25. The molecule has 0 saturated heterocycles. The fourth-order valence-corrected chi connectivity index (χ4v) is 3.04. The van der Waals surface area contributed by atoms with Crippen molar-refractivity contribution in [2.75, 3.05) is 14.1 Å². The normalized spacial score (nSPS) is 12.2. The fourth-order valence-electron chi connectivity index (χ4n) is 1.75. The average molecular weight is 354 g/mol. The predicted octanol–water partition coefficient (Wildman–Crippen LogP) is 3.20. The Bertz CT molecular complexity index is 595. The SMILES string of the molecule is C[C@@H](Sc1nccn1-c1ccc(Br)cc1)C(=O)N(C)C. The van der Waals surface area contributed by atoms with Gasteiger partial charge in [-0.15, -0.1) is 0 Å². The molecule has 0 aliphatic rings. The van der Waals surface area contributed by atoms with E-state index >= 15 is 0 Å². The highest BCUT2D eigenvalue weighted by molar-refractivity contribution is 9.10. The summed E-state index contributed by atoms with van der Waals surface area (Å²) in [6.45, 7) is 1.90. The number of thioether (sulfide) groups is 1. The Morgan fingerprint density at radius 1 is 1.35 bits per heavy atom. The third-order valence-electron chi connectivity index (χ3n) is 2.78. The van der Waals surface area contributed by atoms with Crippen LogP contribution in [-0.4, -0.2) is 39.7 Å². The summed E-state index contributed by atoms with van der Waals surface area (Å²) < 4.78 is 3.02. The van der Waals surface area contributed by atoms with Crippen molar-refractivity contribution in [2.24, 2.45) is 0 Å². The summed E-state index contributed by atoms with van der Waals surface area (Å²) in [7, 11) is 3.53. The van der Waals surface area contributed by atoms with E-state index in [1.54, 1.807) is 25.2 Å². The summed E-state index contributed by atoms with van der Waals surface area (Å²) in [5.74, 6) is 0.0837. The Kier molecular flexibility index (Phi) is 4.88. The van der Waals surface area contributed by atoms with E-state index in [0.29, 0.717) is 0 Å². The third-order valence-corrected chi connectivity index (χ3v) is 4.38. The number of rotatable bonds is 4. The molecular weight excluding hydrogens is 338 g/mol. The highest BCUT2D eigenvalue weighted by atomic mass is 79.9. The van der Waals surface area contributed by atoms with E-state index in [0.717, 1.165) is 15.3 Å². The van der Waals surface area contributed by atoms with Gasteiger partial charge in [0.15, 0.2) is 5.16 Å². The van der Waals surface area contributed by atoms with Crippen molar-refractivity contribution >= 4 is 33.6 Å². The van der Waals surface area contributed by atoms with Crippen LogP contribution in [0, 0.1) is 0 Å². The van der Waals surface area contributed by atoms with Crippen LogP contribution in [-0.2, 0) is 4.79 Å². The number of carbonyl (C=O) groups is 1. The Balaban J connectivity index is 2.21. The summed E-state index contributed by atoms with van der Waals surface area (Å²) >= 11 is 4.88. The number of benzene rings is 1. The lowest BCUT2D eigenvalue weighted by Crippen LogP contribution is -2.29. The van der Waals surface area contributed by atoms with E-state index in [1.807, 2.05) is 42.0 Å². The quantitative estimate of drug-likeness (QED) is 0.792. The van der Waals surface area contributed by atoms with E-state index in [1.165, 1.54) is 11.8 Å². The maximum absolute atomic E-state index is 11.9. The van der Waals surface area contributed by atoms with Crippen LogP contribution in [0.3, 0.4) is 0 Å². The van der Waals surface area contributed by atoms with Crippen LogP contribution in [0.25, 0.3) is 5.69 Å². The van der Waals surface area contributed by atoms with Gasteiger partial charge in [0, 0.05) is 36.6 Å². The maximum atomic E-state index is 11.9. The monoisotopic (exact) mass is 353 g/mol. The molecule has 20 heavy (non-hydrogen) atoms. The molecule has 1 amide bonds. The van der Waals surface area contributed by atoms with E-state index < -0.39 is 0 Å². The lowest BCUT2D eigenvalue weighted by molar-refractivity contribution is -0.127. The van der Waals surface area contributed by atoms with Crippen molar-refractivity contribution in [3.63, 3.8) is 0 Å². The minimum Gasteiger partial charge on any atom is -0.348 e. The molecule has 2 aromatic rings. The third kappa shape index (κ3) is 3.43. The molecule has 0 aliphatic carbocycles. The highest BCUT2D eigenvalue weighted by Gasteiger charge is 2.19. The van der Waals surface area contributed by atoms with E-state index in [2.05, 4.69) is 20.9 Å². The maximum Gasteiger partial charge on any atom is 0.235 e. The molecule has 0 saturated carbocycles. The number of hydrogen-bond acceptors (Lipinski definition) is 3. The number of amides is 1. The number of aromatic nitrogens is 2. The van der Waals surface area contributed by atoms with Gasteiger partial charge in [-0.3, -0.25) is 9.36 Å². The van der Waals surface area contributed by atoms with Crippen LogP contribution in [0.1, 0.15) is 6.92 Å². The minimum absolute atomic E-state index is 0.0837. The van der Waals surface area contributed by atoms with Crippen molar-refractivity contribution in [1.82, 2.24) is 14.5 Å². The second-order valence-electron chi connectivity index (χ2n) is 4.55. The van der Waals surface area contributed by atoms with Crippen LogP contribution >= 0.6 is 27.7 Å². The minimum atomic E-state index is -0.165. The standard InChI is InChI=1S/C14H16BrN3OS/c1-10(13(19)17(2)3)20-14-16-8-9-18(14)12-6-4-11(15)5-7-12/h4-10H,1-3H3/t10-/m1/s1. The summed E-state index contributed by atoms with van der Waals surface area (Å²) in [5, 5.41) is 0.650. The van der Waals surface area contributed by atoms with Gasteiger partial charge in [-0.05, 0) is 31.2 Å². The number of nitrogens with zero attached hydrogens (tertiary/aromatic N) is 3. The topological polar surface area (TPSA) is 38.1 Å². The van der Waals surface area contributed by atoms with Crippen molar-refractivity contribution in [1.29, 1.82) is 0 Å². The molecule has 1 aromatic carbocycles. The smallest absolute Gasteiger partial charge is 0.235 e. The molecule has 6 heteroatoms. The van der Waals surface area contributed by atoms with Crippen molar-refractivity contribution in [2.45, 2.75) is 17.3 Å². The Labute approximate surface area is 131 Å². The molecule has 0 spiro atoms. The first-order valence-electron chi connectivity index (χ1n) is 6.16. The number of hydrogen-bond donors (Lipinski definition) is 0. The lowest BCUT2D eigenvalue weighted by Gasteiger charge is -2.16. The van der Waals surface area contributed by atoms with E-state index in [4.69, 9.17) is 0 Å². The molecule has 1 atom stereocenters. The van der Waals surface area contributed by atoms with Gasteiger partial charge in [0.05, 0.1) is 5.25 Å². The molecule has 0 N–H and O–H groups in total. The van der Waals surface area contributed by atoms with Crippen LogP contribution in [0.5, 0.6) is 0 Å². The van der Waals surface area contributed by atoms with Gasteiger partial charge in [-0.2, -0.15) is 0 Å². The number of halogens is 1. The number of carbonyl (C=O) groups excluding carboxylic acids is 1. The Morgan fingerprint density at radius 2 is 2.00 bits per heavy atom. The van der Waals surface area contributed by atoms with Gasteiger partial charge in [-0.1, -0.05) is 27.7 Å². The average Bonchev–Trinajstić information content (AvgIpc) is 2.86. The first-order chi connectivity index (χ1) is 9.49. The largest absolute Gasteiger partial charge is 0.348 e. The Hall–Kier alpha value is -1.27. The van der Waals surface area contributed by atoms with Crippen molar-refractivity contribution < 1.29 is 4.79 Å². The predicted molar refractivity (Wildman–Crippen MR) is 85.3 cm³/mol. The molecule has 2 rings (SSSR count). The molecular formula is C14H16BrN3OS. The van der Waals surface area contributed by atoms with Gasteiger partial charge in [-0.25, -0.2) is 4.98 Å². The van der Waals surface area contributed by atoms with Gasteiger partial charge in [0.1, 0.15) is 0 Å². The molecule has 0 radical (unpaired) electrons. The zero-order valence-electron chi connectivity index (χ0n) is 11.6. The van der Waals surface area contributed by atoms with Gasteiger partial charge in [0.25, 0.3) is 0 Å². The van der Waals surface area contributed by atoms with Crippen LogP contribution in [0.2, 0.25) is 0 Å². The van der Waals surface area contributed by atoms with Crippen molar-refractivity contribution in [3.8, 4) is 5.69 Å².